The molecule has 0 aliphatic rings. The van der Waals surface area contributed by atoms with Crippen LogP contribution >= 0.6 is 0 Å². The van der Waals surface area contributed by atoms with Crippen molar-refractivity contribution in [3.05, 3.63) is 42.2 Å². The number of amides is 1. The fraction of sp³-hybridized carbons (Fsp3) is 0.200. The maximum Gasteiger partial charge on any atom is 0.257 e. The van der Waals surface area contributed by atoms with Gasteiger partial charge in [-0.1, -0.05) is 0 Å². The van der Waals surface area contributed by atoms with Crippen molar-refractivity contribution in [3.8, 4) is 17.2 Å². The van der Waals surface area contributed by atoms with Crippen molar-refractivity contribution in [2.75, 3.05) is 19.0 Å². The topological polar surface area (TPSA) is 80.7 Å². The molecule has 110 valence electrons. The molecule has 0 saturated carbocycles. The Morgan fingerprint density at radius 1 is 1.29 bits per heavy atom. The van der Waals surface area contributed by atoms with Crippen molar-refractivity contribution in [1.29, 1.82) is 0 Å². The molecule has 2 aromatic rings. The fourth-order valence-electron chi connectivity index (χ4n) is 1.78. The van der Waals surface area contributed by atoms with Gasteiger partial charge in [-0.25, -0.2) is 0 Å². The molecular formula is C15H16N2O4. The Morgan fingerprint density at radius 3 is 2.76 bits per heavy atom. The number of nitrogens with one attached hydrogen (secondary N) is 1. The van der Waals surface area contributed by atoms with E-state index in [1.54, 1.807) is 18.2 Å². The highest BCUT2D eigenvalue weighted by molar-refractivity contribution is 6.04. The molecule has 21 heavy (non-hydrogen) atoms. The zero-order chi connectivity index (χ0) is 15.2. The number of aromatic hydroxyl groups is 1. The summed E-state index contributed by atoms with van der Waals surface area (Å²) in [5, 5.41) is 12.0. The maximum absolute atomic E-state index is 12.0. The molecule has 1 heterocycles. The molecule has 2 rings (SSSR count). The summed E-state index contributed by atoms with van der Waals surface area (Å²) in [7, 11) is 1.53. The number of benzene rings is 1. The van der Waals surface area contributed by atoms with Crippen molar-refractivity contribution in [3.63, 3.8) is 0 Å². The highest BCUT2D eigenvalue weighted by Gasteiger charge is 2.10. The summed E-state index contributed by atoms with van der Waals surface area (Å²) in [6, 6.07) is 6.44. The van der Waals surface area contributed by atoms with Gasteiger partial charge in [-0.2, -0.15) is 0 Å². The van der Waals surface area contributed by atoms with E-state index in [9.17, 15) is 9.90 Å². The van der Waals surface area contributed by atoms with Gasteiger partial charge >= 0.3 is 0 Å². The monoisotopic (exact) mass is 288 g/mol. The fourth-order valence-corrected chi connectivity index (χ4v) is 1.78. The minimum Gasteiger partial charge on any atom is -0.506 e. The zero-order valence-electron chi connectivity index (χ0n) is 11.8. The van der Waals surface area contributed by atoms with Gasteiger partial charge in [0.25, 0.3) is 5.91 Å². The predicted octanol–water partition coefficient (Wildman–Crippen LogP) is 2.45. The van der Waals surface area contributed by atoms with Gasteiger partial charge < -0.3 is 19.9 Å². The summed E-state index contributed by atoms with van der Waals surface area (Å²) < 4.78 is 10.6. The van der Waals surface area contributed by atoms with Gasteiger partial charge in [0.1, 0.15) is 5.75 Å². The first-order valence-electron chi connectivity index (χ1n) is 6.40. The number of carbonyl (C=O) groups is 1. The summed E-state index contributed by atoms with van der Waals surface area (Å²) in [4.78, 5) is 15.8. The molecule has 0 bridgehead atoms. The highest BCUT2D eigenvalue weighted by atomic mass is 16.5. The SMILES string of the molecule is CCOc1ccc(NC(=O)c2cncc(O)c2)cc1OC. The number of hydrogen-bond acceptors (Lipinski definition) is 5. The lowest BCUT2D eigenvalue weighted by atomic mass is 10.2. The van der Waals surface area contributed by atoms with Crippen molar-refractivity contribution in [2.24, 2.45) is 0 Å². The molecule has 0 aliphatic carbocycles. The quantitative estimate of drug-likeness (QED) is 0.883. The second kappa shape index (κ2) is 6.60. The Morgan fingerprint density at radius 2 is 2.10 bits per heavy atom. The van der Waals surface area contributed by atoms with Gasteiger partial charge in [0.15, 0.2) is 11.5 Å². The first kappa shape index (κ1) is 14.6. The lowest BCUT2D eigenvalue weighted by molar-refractivity contribution is 0.102. The molecule has 0 radical (unpaired) electrons. The van der Waals surface area contributed by atoms with Crippen LogP contribution in [0.15, 0.2) is 36.7 Å². The summed E-state index contributed by atoms with van der Waals surface area (Å²) in [5.41, 5.74) is 0.825. The number of aromatic nitrogens is 1. The highest BCUT2D eigenvalue weighted by Crippen LogP contribution is 2.30. The number of methoxy groups -OCH3 is 1. The molecule has 6 heteroatoms. The number of hydrogen-bond donors (Lipinski definition) is 2. The van der Waals surface area contributed by atoms with E-state index in [1.807, 2.05) is 6.92 Å². The molecule has 0 unspecified atom stereocenters. The number of nitrogens with zero attached hydrogens (tertiary/aromatic N) is 1. The largest absolute Gasteiger partial charge is 0.506 e. The number of carbonyl (C=O) groups excluding carboxylic acids is 1. The van der Waals surface area contributed by atoms with Gasteiger partial charge in [0.05, 0.1) is 25.5 Å². The molecule has 0 fully saturated rings. The van der Waals surface area contributed by atoms with Crippen molar-refractivity contribution >= 4 is 11.6 Å². The number of anilines is 1. The molecule has 1 amide bonds. The maximum atomic E-state index is 12.0. The van der Waals surface area contributed by atoms with Crippen molar-refractivity contribution in [1.82, 2.24) is 4.98 Å². The number of pyridine rings is 1. The van der Waals surface area contributed by atoms with Crippen LogP contribution in [0.4, 0.5) is 5.69 Å². The normalized spacial score (nSPS) is 10.0. The zero-order valence-corrected chi connectivity index (χ0v) is 11.8. The van der Waals surface area contributed by atoms with Crippen LogP contribution in [0.25, 0.3) is 0 Å². The molecule has 2 N–H and O–H groups in total. The summed E-state index contributed by atoms with van der Waals surface area (Å²) in [6.07, 6.45) is 2.64. The number of ether oxygens (including phenoxy) is 2. The van der Waals surface area contributed by atoms with Gasteiger partial charge in [-0.3, -0.25) is 9.78 Å². The van der Waals surface area contributed by atoms with Crippen LogP contribution in [-0.2, 0) is 0 Å². The van der Waals surface area contributed by atoms with Crippen LogP contribution in [0, 0.1) is 0 Å². The average molecular weight is 288 g/mol. The number of rotatable bonds is 5. The van der Waals surface area contributed by atoms with Crippen LogP contribution in [0.3, 0.4) is 0 Å². The Labute approximate surface area is 122 Å². The van der Waals surface area contributed by atoms with E-state index in [1.165, 1.54) is 25.6 Å². The molecule has 1 aromatic carbocycles. The first-order chi connectivity index (χ1) is 10.1. The van der Waals surface area contributed by atoms with E-state index in [2.05, 4.69) is 10.3 Å². The minimum atomic E-state index is -0.371. The van der Waals surface area contributed by atoms with Gasteiger partial charge in [0, 0.05) is 18.0 Å². The standard InChI is InChI=1S/C15H16N2O4/c1-3-21-13-5-4-11(7-14(13)20-2)17-15(19)10-6-12(18)9-16-8-10/h4-9,18H,3H2,1-2H3,(H,17,19). The Balaban J connectivity index is 2.17. The summed E-state index contributed by atoms with van der Waals surface area (Å²) in [5.74, 6) is 0.706. The smallest absolute Gasteiger partial charge is 0.257 e. The van der Waals surface area contributed by atoms with E-state index in [0.717, 1.165) is 0 Å². The molecule has 0 saturated heterocycles. The Hall–Kier alpha value is -2.76. The third-order valence-electron chi connectivity index (χ3n) is 2.71. The van der Waals surface area contributed by atoms with E-state index in [4.69, 9.17) is 9.47 Å². The lowest BCUT2D eigenvalue weighted by Gasteiger charge is -2.11. The van der Waals surface area contributed by atoms with Crippen molar-refractivity contribution in [2.45, 2.75) is 6.92 Å². The lowest BCUT2D eigenvalue weighted by Crippen LogP contribution is -2.12. The van der Waals surface area contributed by atoms with E-state index in [-0.39, 0.29) is 17.2 Å². The molecule has 0 atom stereocenters. The van der Waals surface area contributed by atoms with E-state index < -0.39 is 0 Å². The second-order valence-corrected chi connectivity index (χ2v) is 4.18. The van der Waals surface area contributed by atoms with Crippen molar-refractivity contribution < 1.29 is 19.4 Å². The Bertz CT molecular complexity index is 643. The minimum absolute atomic E-state index is 0.0630. The first-order valence-corrected chi connectivity index (χ1v) is 6.40. The van der Waals surface area contributed by atoms with Crippen LogP contribution in [0.1, 0.15) is 17.3 Å². The second-order valence-electron chi connectivity index (χ2n) is 4.18. The van der Waals surface area contributed by atoms with Crippen LogP contribution in [0.5, 0.6) is 17.2 Å². The van der Waals surface area contributed by atoms with Crippen LogP contribution < -0.4 is 14.8 Å². The Kier molecular flexibility index (Phi) is 4.61. The molecular weight excluding hydrogens is 272 g/mol. The average Bonchev–Trinajstić information content (AvgIpc) is 2.49. The van der Waals surface area contributed by atoms with Gasteiger partial charge in [0.2, 0.25) is 0 Å². The van der Waals surface area contributed by atoms with E-state index >= 15 is 0 Å². The summed E-state index contributed by atoms with van der Waals surface area (Å²) in [6.45, 7) is 2.40. The van der Waals surface area contributed by atoms with Crippen LogP contribution in [-0.4, -0.2) is 29.7 Å². The summed E-state index contributed by atoms with van der Waals surface area (Å²) >= 11 is 0. The van der Waals surface area contributed by atoms with Gasteiger partial charge in [-0.15, -0.1) is 0 Å². The predicted molar refractivity (Wildman–Crippen MR) is 78.0 cm³/mol. The molecule has 1 aromatic heterocycles. The third-order valence-corrected chi connectivity index (χ3v) is 2.71. The molecule has 6 nitrogen and oxygen atoms in total. The van der Waals surface area contributed by atoms with Crippen LogP contribution in [0.2, 0.25) is 0 Å². The molecule has 0 aliphatic heterocycles. The van der Waals surface area contributed by atoms with E-state index in [0.29, 0.717) is 23.8 Å². The third kappa shape index (κ3) is 3.62. The molecule has 0 spiro atoms. The van der Waals surface area contributed by atoms with Gasteiger partial charge in [-0.05, 0) is 25.1 Å².